The minimum absolute atomic E-state index is 1.02. The lowest BCUT2D eigenvalue weighted by atomic mass is 9.96. The molecule has 284 valence electrons. The molecular formula is C55H43N3S. The van der Waals surface area contributed by atoms with Gasteiger partial charge < -0.3 is 14.4 Å². The highest BCUT2D eigenvalue weighted by Gasteiger charge is 2.27. The van der Waals surface area contributed by atoms with E-state index in [1.807, 2.05) is 6.08 Å². The molecule has 0 saturated carbocycles. The fraction of sp³-hybridized carbons (Fsp3) is 0.0182. The van der Waals surface area contributed by atoms with Gasteiger partial charge in [-0.05, 0) is 102 Å². The zero-order valence-corrected chi connectivity index (χ0v) is 33.7. The number of thiophene rings is 1. The van der Waals surface area contributed by atoms with Gasteiger partial charge in [0.2, 0.25) is 0 Å². The van der Waals surface area contributed by atoms with Gasteiger partial charge in [-0.1, -0.05) is 170 Å². The van der Waals surface area contributed by atoms with Crippen LogP contribution in [0.2, 0.25) is 0 Å². The second-order valence-electron chi connectivity index (χ2n) is 14.2. The lowest BCUT2D eigenvalue weighted by molar-refractivity contribution is 1.13. The Bertz CT molecular complexity index is 2840. The number of hydrogen-bond acceptors (Lipinski definition) is 3. The SMILES string of the molecule is C=C/C=C(\C=C/C)N(c1ccccc1)c1cc(-c2ccc3c(c2)c(-c2ccccc2)c(-c2ccccc2)n3-c2ccccc2)c(N(c2ccccc2)c2ccccc2)s1. The summed E-state index contributed by atoms with van der Waals surface area (Å²) < 4.78 is 2.43. The van der Waals surface area contributed by atoms with Gasteiger partial charge >= 0.3 is 0 Å². The Balaban J connectivity index is 1.37. The normalized spacial score (nSPS) is 11.6. The number of aromatic nitrogens is 1. The first-order valence-electron chi connectivity index (χ1n) is 19.9. The highest BCUT2D eigenvalue weighted by atomic mass is 32.1. The first-order valence-corrected chi connectivity index (χ1v) is 20.7. The monoisotopic (exact) mass is 777 g/mol. The number of allylic oxidation sites excluding steroid dienone is 4. The third-order valence-electron chi connectivity index (χ3n) is 10.5. The maximum atomic E-state index is 4.10. The van der Waals surface area contributed by atoms with E-state index in [0.717, 1.165) is 66.3 Å². The quantitative estimate of drug-likeness (QED) is 0.114. The molecule has 0 amide bonds. The van der Waals surface area contributed by atoms with Crippen molar-refractivity contribution in [2.24, 2.45) is 0 Å². The van der Waals surface area contributed by atoms with E-state index in [2.05, 4.69) is 252 Å². The van der Waals surface area contributed by atoms with Crippen molar-refractivity contribution in [2.75, 3.05) is 9.80 Å². The van der Waals surface area contributed by atoms with Crippen LogP contribution in [0.3, 0.4) is 0 Å². The van der Waals surface area contributed by atoms with Crippen LogP contribution in [0.1, 0.15) is 6.92 Å². The number of para-hydroxylation sites is 4. The van der Waals surface area contributed by atoms with Crippen molar-refractivity contribution in [1.29, 1.82) is 0 Å². The van der Waals surface area contributed by atoms with Crippen molar-refractivity contribution in [3.8, 4) is 39.2 Å². The molecule has 0 saturated heterocycles. The average Bonchev–Trinajstić information content (AvgIpc) is 3.88. The molecule has 3 nitrogen and oxygen atoms in total. The molecule has 0 N–H and O–H groups in total. The van der Waals surface area contributed by atoms with Gasteiger partial charge in [0.25, 0.3) is 0 Å². The van der Waals surface area contributed by atoms with Crippen molar-refractivity contribution < 1.29 is 0 Å². The zero-order valence-electron chi connectivity index (χ0n) is 32.9. The summed E-state index contributed by atoms with van der Waals surface area (Å²) in [5.41, 5.74) is 13.5. The van der Waals surface area contributed by atoms with Crippen LogP contribution in [0.4, 0.5) is 27.1 Å². The molecule has 0 aliphatic heterocycles. The van der Waals surface area contributed by atoms with E-state index in [1.165, 1.54) is 16.5 Å². The maximum Gasteiger partial charge on any atom is 0.110 e. The maximum absolute atomic E-state index is 4.10. The van der Waals surface area contributed by atoms with Crippen LogP contribution >= 0.6 is 11.3 Å². The van der Waals surface area contributed by atoms with Gasteiger partial charge in [0.05, 0.1) is 11.2 Å². The molecule has 9 aromatic rings. The van der Waals surface area contributed by atoms with Crippen molar-refractivity contribution in [1.82, 2.24) is 4.57 Å². The summed E-state index contributed by atoms with van der Waals surface area (Å²) in [6, 6.07) is 73.7. The molecule has 4 heteroatoms. The minimum Gasteiger partial charge on any atom is -0.309 e. The second kappa shape index (κ2) is 17.0. The molecule has 0 radical (unpaired) electrons. The molecular weight excluding hydrogens is 735 g/mol. The van der Waals surface area contributed by atoms with Gasteiger partial charge in [0.15, 0.2) is 0 Å². The summed E-state index contributed by atoms with van der Waals surface area (Å²) >= 11 is 1.78. The number of anilines is 5. The predicted molar refractivity (Wildman–Crippen MR) is 254 cm³/mol. The molecule has 0 spiro atoms. The smallest absolute Gasteiger partial charge is 0.110 e. The third kappa shape index (κ3) is 7.34. The van der Waals surface area contributed by atoms with Crippen LogP contribution in [0, 0.1) is 0 Å². The Kier molecular flexibility index (Phi) is 10.7. The minimum atomic E-state index is 1.02. The molecule has 9 rings (SSSR count). The number of nitrogens with zero attached hydrogens (tertiary/aromatic N) is 3. The summed E-state index contributed by atoms with van der Waals surface area (Å²) in [5, 5.41) is 3.38. The first-order chi connectivity index (χ1) is 29.2. The van der Waals surface area contributed by atoms with Gasteiger partial charge in [-0.25, -0.2) is 0 Å². The Morgan fingerprint density at radius 2 is 1.08 bits per heavy atom. The van der Waals surface area contributed by atoms with E-state index in [4.69, 9.17) is 0 Å². The van der Waals surface area contributed by atoms with Crippen LogP contribution in [0.5, 0.6) is 0 Å². The Labute approximate surface area is 351 Å². The van der Waals surface area contributed by atoms with E-state index in [-0.39, 0.29) is 0 Å². The standard InChI is InChI=1S/C55H43N3S/c1-3-23-44(24-4-2)56(45-29-15-7-16-30-45)52-40-49(55(59-52)57(46-31-17-8-18-32-46)47-33-19-9-20-34-47)43-37-38-51-50(39-43)53(41-25-11-5-12-26-41)54(42-27-13-6-14-28-42)58(51)48-35-21-10-22-36-48/h3-40H,1H2,2H3/b24-4-,44-23+. The summed E-state index contributed by atoms with van der Waals surface area (Å²) in [5.74, 6) is 0. The largest absolute Gasteiger partial charge is 0.309 e. The molecule has 59 heavy (non-hydrogen) atoms. The van der Waals surface area contributed by atoms with Gasteiger partial charge in [0.1, 0.15) is 10.0 Å². The van der Waals surface area contributed by atoms with Gasteiger partial charge in [-0.15, -0.1) is 0 Å². The molecule has 0 aliphatic rings. The van der Waals surface area contributed by atoms with Crippen molar-refractivity contribution in [2.45, 2.75) is 6.92 Å². The van der Waals surface area contributed by atoms with Gasteiger partial charge in [0, 0.05) is 45.0 Å². The van der Waals surface area contributed by atoms with Crippen molar-refractivity contribution in [3.63, 3.8) is 0 Å². The fourth-order valence-corrected chi connectivity index (χ4v) is 9.20. The van der Waals surface area contributed by atoms with E-state index >= 15 is 0 Å². The number of rotatable bonds is 12. The molecule has 0 unspecified atom stereocenters. The van der Waals surface area contributed by atoms with Crippen LogP contribution in [-0.4, -0.2) is 4.57 Å². The van der Waals surface area contributed by atoms with Crippen LogP contribution in [-0.2, 0) is 0 Å². The molecule has 2 aromatic heterocycles. The Morgan fingerprint density at radius 1 is 0.559 bits per heavy atom. The van der Waals surface area contributed by atoms with Crippen LogP contribution in [0.25, 0.3) is 50.1 Å². The lowest BCUT2D eigenvalue weighted by Crippen LogP contribution is -2.13. The summed E-state index contributed by atoms with van der Waals surface area (Å²) in [6.07, 6.45) is 8.17. The van der Waals surface area contributed by atoms with Crippen molar-refractivity contribution >= 4 is 49.3 Å². The summed E-state index contributed by atoms with van der Waals surface area (Å²) in [7, 11) is 0. The highest BCUT2D eigenvalue weighted by molar-refractivity contribution is 7.21. The molecule has 0 atom stereocenters. The molecule has 0 bridgehead atoms. The van der Waals surface area contributed by atoms with Crippen molar-refractivity contribution in [3.05, 3.63) is 243 Å². The predicted octanol–water partition coefficient (Wildman–Crippen LogP) is 15.9. The molecule has 7 aromatic carbocycles. The van der Waals surface area contributed by atoms with E-state index < -0.39 is 0 Å². The van der Waals surface area contributed by atoms with Crippen LogP contribution < -0.4 is 9.80 Å². The second-order valence-corrected chi connectivity index (χ2v) is 15.2. The zero-order chi connectivity index (χ0) is 40.0. The molecule has 0 aliphatic carbocycles. The average molecular weight is 778 g/mol. The van der Waals surface area contributed by atoms with E-state index in [1.54, 1.807) is 11.3 Å². The Hall–Kier alpha value is -7.40. The number of hydrogen-bond donors (Lipinski definition) is 0. The lowest BCUT2D eigenvalue weighted by Gasteiger charge is -2.26. The molecule has 2 heterocycles. The third-order valence-corrected chi connectivity index (χ3v) is 11.6. The first kappa shape index (κ1) is 37.2. The van der Waals surface area contributed by atoms with Gasteiger partial charge in [-0.3, -0.25) is 0 Å². The van der Waals surface area contributed by atoms with Gasteiger partial charge in [-0.2, -0.15) is 0 Å². The molecule has 0 fully saturated rings. The number of fused-ring (bicyclic) bond motifs is 1. The van der Waals surface area contributed by atoms with E-state index in [9.17, 15) is 0 Å². The van der Waals surface area contributed by atoms with E-state index in [0.29, 0.717) is 0 Å². The Morgan fingerprint density at radius 3 is 1.64 bits per heavy atom. The fourth-order valence-electron chi connectivity index (χ4n) is 7.94. The summed E-state index contributed by atoms with van der Waals surface area (Å²) in [4.78, 5) is 4.73. The highest BCUT2D eigenvalue weighted by Crippen LogP contribution is 2.52. The number of benzene rings is 7. The van der Waals surface area contributed by atoms with Crippen LogP contribution in [0.15, 0.2) is 243 Å². The topological polar surface area (TPSA) is 11.4 Å². The summed E-state index contributed by atoms with van der Waals surface area (Å²) in [6.45, 7) is 6.16.